The number of nitrogens with one attached hydrogen (secondary N) is 2. The van der Waals surface area contributed by atoms with E-state index in [2.05, 4.69) is 15.6 Å². The zero-order valence-electron chi connectivity index (χ0n) is 14.0. The number of aryl methyl sites for hydroxylation is 2. The lowest BCUT2D eigenvalue weighted by Crippen LogP contribution is -2.13. The van der Waals surface area contributed by atoms with Crippen LogP contribution in [-0.4, -0.2) is 16.8 Å². The Balaban J connectivity index is 2.21. The molecule has 2 amide bonds. The Hall–Kier alpha value is -2.21. The quantitative estimate of drug-likeness (QED) is 0.890. The number of nitrogens with zero attached hydrogens (tertiary/aromatic N) is 1. The Bertz CT molecular complexity index is 765. The molecular formula is C17H21N3O2S. The maximum atomic E-state index is 12.5. The highest BCUT2D eigenvalue weighted by molar-refractivity contribution is 7.17. The Kier molecular flexibility index (Phi) is 5.15. The summed E-state index contributed by atoms with van der Waals surface area (Å²) in [7, 11) is 0. The van der Waals surface area contributed by atoms with Crippen LogP contribution in [-0.2, 0) is 4.79 Å². The highest BCUT2D eigenvalue weighted by Crippen LogP contribution is 2.26. The van der Waals surface area contributed by atoms with Crippen LogP contribution < -0.4 is 10.6 Å². The highest BCUT2D eigenvalue weighted by Gasteiger charge is 2.17. The zero-order valence-corrected chi connectivity index (χ0v) is 14.9. The number of anilines is 2. The number of carbonyl (C=O) groups is 2. The van der Waals surface area contributed by atoms with Crippen LogP contribution >= 0.6 is 11.3 Å². The van der Waals surface area contributed by atoms with E-state index in [9.17, 15) is 9.59 Å². The third-order valence-electron chi connectivity index (χ3n) is 3.88. The number of carbonyl (C=O) groups excluding carboxylic acids is 2. The summed E-state index contributed by atoms with van der Waals surface area (Å²) in [5, 5.41) is 6.08. The van der Waals surface area contributed by atoms with Crippen molar-refractivity contribution >= 4 is 34.0 Å². The molecule has 2 N–H and O–H groups in total. The van der Waals surface area contributed by atoms with Crippen molar-refractivity contribution in [3.8, 4) is 0 Å². The molecule has 0 saturated carbocycles. The van der Waals surface area contributed by atoms with E-state index < -0.39 is 0 Å². The number of aromatic nitrogens is 1. The molecule has 0 fully saturated rings. The molecule has 0 aliphatic carbocycles. The Labute approximate surface area is 140 Å². The lowest BCUT2D eigenvalue weighted by molar-refractivity contribution is -0.115. The largest absolute Gasteiger partial charge is 0.321 e. The van der Waals surface area contributed by atoms with Crippen LogP contribution in [0.5, 0.6) is 0 Å². The van der Waals surface area contributed by atoms with E-state index >= 15 is 0 Å². The third kappa shape index (κ3) is 3.76. The topological polar surface area (TPSA) is 71.1 Å². The minimum Gasteiger partial charge on any atom is -0.321 e. The molecule has 2 aromatic rings. The van der Waals surface area contributed by atoms with Gasteiger partial charge in [0.05, 0.1) is 5.69 Å². The Morgan fingerprint density at radius 1 is 1.09 bits per heavy atom. The molecule has 5 nitrogen and oxygen atoms in total. The van der Waals surface area contributed by atoms with Gasteiger partial charge in [0.25, 0.3) is 5.91 Å². The van der Waals surface area contributed by atoms with Gasteiger partial charge in [-0.15, -0.1) is 0 Å². The third-order valence-corrected chi connectivity index (χ3v) is 4.95. The van der Waals surface area contributed by atoms with Crippen molar-refractivity contribution in [3.05, 3.63) is 39.4 Å². The predicted octanol–water partition coefficient (Wildman–Crippen LogP) is 3.98. The summed E-state index contributed by atoms with van der Waals surface area (Å²) in [6, 6.07) is 3.90. The molecule has 1 aromatic heterocycles. The van der Waals surface area contributed by atoms with Gasteiger partial charge in [0.1, 0.15) is 4.88 Å². The van der Waals surface area contributed by atoms with Crippen LogP contribution in [0.15, 0.2) is 12.1 Å². The smallest absolute Gasteiger partial charge is 0.267 e. The predicted molar refractivity (Wildman–Crippen MR) is 94.4 cm³/mol. The van der Waals surface area contributed by atoms with Crippen molar-refractivity contribution in [3.63, 3.8) is 0 Å². The molecule has 6 heteroatoms. The van der Waals surface area contributed by atoms with Gasteiger partial charge in [0, 0.05) is 12.1 Å². The first-order valence-corrected chi connectivity index (χ1v) is 8.30. The summed E-state index contributed by atoms with van der Waals surface area (Å²) in [5.74, 6) is -0.320. The summed E-state index contributed by atoms with van der Waals surface area (Å²) in [6.45, 7) is 9.61. The van der Waals surface area contributed by atoms with Gasteiger partial charge in [0.2, 0.25) is 5.91 Å². The van der Waals surface area contributed by atoms with E-state index in [1.807, 2.05) is 32.9 Å². The molecule has 1 heterocycles. The molecule has 0 radical (unpaired) electrons. The van der Waals surface area contributed by atoms with Crippen LogP contribution in [0.25, 0.3) is 0 Å². The van der Waals surface area contributed by atoms with Crippen molar-refractivity contribution < 1.29 is 9.59 Å². The van der Waals surface area contributed by atoms with Gasteiger partial charge in [-0.1, -0.05) is 24.3 Å². The first kappa shape index (κ1) is 17.1. The summed E-state index contributed by atoms with van der Waals surface area (Å²) in [4.78, 5) is 28.7. The lowest BCUT2D eigenvalue weighted by atomic mass is 10.0. The fourth-order valence-corrected chi connectivity index (χ4v) is 3.02. The van der Waals surface area contributed by atoms with Crippen molar-refractivity contribution in [1.82, 2.24) is 4.98 Å². The molecule has 0 saturated heterocycles. The summed E-state index contributed by atoms with van der Waals surface area (Å²) >= 11 is 1.19. The number of hydrogen-bond donors (Lipinski definition) is 2. The zero-order chi connectivity index (χ0) is 17.1. The molecule has 0 spiro atoms. The van der Waals surface area contributed by atoms with Gasteiger partial charge < -0.3 is 10.6 Å². The van der Waals surface area contributed by atoms with E-state index in [1.165, 1.54) is 22.5 Å². The van der Waals surface area contributed by atoms with Crippen LogP contribution in [0.4, 0.5) is 10.8 Å². The molecule has 0 aliphatic rings. The number of thiazole rings is 1. The first-order chi connectivity index (χ1) is 10.8. The van der Waals surface area contributed by atoms with E-state index in [0.29, 0.717) is 22.1 Å². The standard InChI is InChI=1S/C17H21N3O2S/c1-6-14(21)20-17-18-12(5)15(23-17)16(22)19-13-8-7-9(2)10(3)11(13)4/h7-8H,6H2,1-5H3,(H,19,22)(H,18,20,21). The van der Waals surface area contributed by atoms with Gasteiger partial charge in [-0.25, -0.2) is 4.98 Å². The van der Waals surface area contributed by atoms with Crippen molar-refractivity contribution in [2.75, 3.05) is 10.6 Å². The summed E-state index contributed by atoms with van der Waals surface area (Å²) in [6.07, 6.45) is 0.377. The van der Waals surface area contributed by atoms with Crippen LogP contribution in [0, 0.1) is 27.7 Å². The Morgan fingerprint density at radius 2 is 1.78 bits per heavy atom. The fraction of sp³-hybridized carbons (Fsp3) is 0.353. The molecule has 122 valence electrons. The summed E-state index contributed by atoms with van der Waals surface area (Å²) < 4.78 is 0. The van der Waals surface area contributed by atoms with Gasteiger partial charge in [-0.05, 0) is 50.5 Å². The molecule has 0 aliphatic heterocycles. The van der Waals surface area contributed by atoms with E-state index in [1.54, 1.807) is 13.8 Å². The molecule has 0 atom stereocenters. The second-order valence-electron chi connectivity index (χ2n) is 5.47. The molecule has 23 heavy (non-hydrogen) atoms. The number of amides is 2. The van der Waals surface area contributed by atoms with Crippen molar-refractivity contribution in [2.45, 2.75) is 41.0 Å². The molecule has 0 unspecified atom stereocenters. The van der Waals surface area contributed by atoms with E-state index in [4.69, 9.17) is 0 Å². The molecular weight excluding hydrogens is 310 g/mol. The molecule has 2 rings (SSSR count). The lowest BCUT2D eigenvalue weighted by Gasteiger charge is -2.12. The Morgan fingerprint density at radius 3 is 2.43 bits per heavy atom. The minimum atomic E-state index is -0.205. The van der Waals surface area contributed by atoms with Gasteiger partial charge in [-0.2, -0.15) is 0 Å². The maximum absolute atomic E-state index is 12.5. The SMILES string of the molecule is CCC(=O)Nc1nc(C)c(C(=O)Nc2ccc(C)c(C)c2C)s1. The maximum Gasteiger partial charge on any atom is 0.267 e. The summed E-state index contributed by atoms with van der Waals surface area (Å²) in [5.41, 5.74) is 4.82. The minimum absolute atomic E-state index is 0.115. The molecule has 1 aromatic carbocycles. The normalized spacial score (nSPS) is 10.5. The van der Waals surface area contributed by atoms with Crippen LogP contribution in [0.3, 0.4) is 0 Å². The van der Waals surface area contributed by atoms with Crippen LogP contribution in [0.2, 0.25) is 0 Å². The molecule has 0 bridgehead atoms. The average Bonchev–Trinajstić information content (AvgIpc) is 2.88. The van der Waals surface area contributed by atoms with Crippen molar-refractivity contribution in [1.29, 1.82) is 0 Å². The second-order valence-corrected chi connectivity index (χ2v) is 6.47. The second kappa shape index (κ2) is 6.91. The number of benzene rings is 1. The van der Waals surface area contributed by atoms with Crippen LogP contribution in [0.1, 0.15) is 45.4 Å². The number of hydrogen-bond acceptors (Lipinski definition) is 4. The van der Waals surface area contributed by atoms with Crippen molar-refractivity contribution in [2.24, 2.45) is 0 Å². The van der Waals surface area contributed by atoms with E-state index in [-0.39, 0.29) is 11.8 Å². The van der Waals surface area contributed by atoms with Gasteiger partial charge >= 0.3 is 0 Å². The monoisotopic (exact) mass is 331 g/mol. The fourth-order valence-electron chi connectivity index (χ4n) is 2.14. The van der Waals surface area contributed by atoms with E-state index in [0.717, 1.165) is 11.3 Å². The number of rotatable bonds is 4. The van der Waals surface area contributed by atoms with Gasteiger partial charge in [-0.3, -0.25) is 9.59 Å². The van der Waals surface area contributed by atoms with Gasteiger partial charge in [0.15, 0.2) is 5.13 Å². The first-order valence-electron chi connectivity index (χ1n) is 7.49. The average molecular weight is 331 g/mol. The highest BCUT2D eigenvalue weighted by atomic mass is 32.1.